The fraction of sp³-hybridized carbons (Fsp3) is 0.529. The number of carbonyl (C=O) groups is 2. The van der Waals surface area contributed by atoms with Crippen molar-refractivity contribution in [2.75, 3.05) is 20.1 Å². The Morgan fingerprint density at radius 1 is 1.26 bits per heavy atom. The quantitative estimate of drug-likeness (QED) is 0.895. The van der Waals surface area contributed by atoms with Crippen LogP contribution in [-0.4, -0.2) is 36.9 Å². The second kappa shape index (κ2) is 8.29. The fourth-order valence-electron chi connectivity index (χ4n) is 2.93. The lowest BCUT2D eigenvalue weighted by Crippen LogP contribution is -2.36. The summed E-state index contributed by atoms with van der Waals surface area (Å²) in [5.41, 5.74) is 0.325. The highest BCUT2D eigenvalue weighted by Crippen LogP contribution is 2.29. The summed E-state index contributed by atoms with van der Waals surface area (Å²) in [6.07, 6.45) is 3.31. The van der Waals surface area contributed by atoms with Gasteiger partial charge in [-0.15, -0.1) is 0 Å². The minimum atomic E-state index is -0.511. The van der Waals surface area contributed by atoms with E-state index in [9.17, 15) is 14.0 Å². The van der Waals surface area contributed by atoms with Crippen LogP contribution in [-0.2, 0) is 9.59 Å². The highest BCUT2D eigenvalue weighted by molar-refractivity contribution is 6.30. The van der Waals surface area contributed by atoms with Gasteiger partial charge in [-0.25, -0.2) is 4.39 Å². The van der Waals surface area contributed by atoms with Gasteiger partial charge in [-0.3, -0.25) is 9.59 Å². The Kier molecular flexibility index (Phi) is 6.39. The lowest BCUT2D eigenvalue weighted by molar-refractivity contribution is -0.132. The van der Waals surface area contributed by atoms with Crippen LogP contribution in [0.4, 0.5) is 4.39 Å². The van der Waals surface area contributed by atoms with E-state index in [-0.39, 0.29) is 24.7 Å². The molecule has 1 saturated heterocycles. The first-order valence-corrected chi connectivity index (χ1v) is 8.32. The Bertz CT molecular complexity index is 574. The van der Waals surface area contributed by atoms with Gasteiger partial charge in [0.1, 0.15) is 5.82 Å². The van der Waals surface area contributed by atoms with Crippen molar-refractivity contribution in [2.24, 2.45) is 0 Å². The van der Waals surface area contributed by atoms with Crippen molar-refractivity contribution in [3.05, 3.63) is 34.6 Å². The first-order chi connectivity index (χ1) is 11.0. The van der Waals surface area contributed by atoms with Crippen LogP contribution in [0.1, 0.15) is 43.6 Å². The van der Waals surface area contributed by atoms with E-state index in [1.807, 2.05) is 4.90 Å². The second-order valence-corrected chi connectivity index (χ2v) is 6.32. The van der Waals surface area contributed by atoms with Gasteiger partial charge in [0.05, 0.1) is 0 Å². The molecule has 1 atom stereocenters. The number of nitrogens with zero attached hydrogens (tertiary/aromatic N) is 1. The highest BCUT2D eigenvalue weighted by Gasteiger charge is 2.25. The molecule has 4 nitrogen and oxygen atoms in total. The van der Waals surface area contributed by atoms with Gasteiger partial charge in [-0.05, 0) is 43.0 Å². The number of hydrogen-bond donors (Lipinski definition) is 1. The summed E-state index contributed by atoms with van der Waals surface area (Å²) >= 11 is 5.95. The van der Waals surface area contributed by atoms with Crippen LogP contribution < -0.4 is 5.32 Å². The number of likely N-dealkylation sites (tertiary alicyclic amines) is 1. The van der Waals surface area contributed by atoms with Crippen LogP contribution in [0.3, 0.4) is 0 Å². The first kappa shape index (κ1) is 17.7. The normalized spacial score (nSPS) is 16.0. The number of carbonyl (C=O) groups excluding carboxylic acids is 2. The molecule has 0 unspecified atom stereocenters. The average molecular weight is 341 g/mol. The third kappa shape index (κ3) is 4.93. The molecule has 1 heterocycles. The Hall–Kier alpha value is -1.62. The van der Waals surface area contributed by atoms with Crippen molar-refractivity contribution in [2.45, 2.75) is 38.0 Å². The molecular weight excluding hydrogens is 319 g/mol. The fourth-order valence-corrected chi connectivity index (χ4v) is 3.11. The molecule has 2 rings (SSSR count). The smallest absolute Gasteiger partial charge is 0.223 e. The van der Waals surface area contributed by atoms with E-state index in [0.717, 1.165) is 32.4 Å². The Balaban J connectivity index is 2.17. The van der Waals surface area contributed by atoms with Crippen LogP contribution in [0.5, 0.6) is 0 Å². The monoisotopic (exact) mass is 340 g/mol. The number of nitrogens with one attached hydrogen (secondary N) is 1. The predicted molar refractivity (Wildman–Crippen MR) is 87.9 cm³/mol. The maximum atomic E-state index is 14.2. The zero-order valence-corrected chi connectivity index (χ0v) is 14.0. The maximum Gasteiger partial charge on any atom is 0.223 e. The third-order valence-corrected chi connectivity index (χ3v) is 4.47. The second-order valence-electron chi connectivity index (χ2n) is 5.89. The molecule has 0 saturated carbocycles. The molecule has 0 aliphatic carbocycles. The molecule has 23 heavy (non-hydrogen) atoms. The molecule has 1 aromatic rings. The molecule has 1 aromatic carbocycles. The summed E-state index contributed by atoms with van der Waals surface area (Å²) in [7, 11) is 1.53. The first-order valence-electron chi connectivity index (χ1n) is 7.94. The van der Waals surface area contributed by atoms with Crippen molar-refractivity contribution in [1.29, 1.82) is 0 Å². The van der Waals surface area contributed by atoms with E-state index in [4.69, 9.17) is 11.6 Å². The molecule has 0 bridgehead atoms. The zero-order chi connectivity index (χ0) is 16.8. The number of rotatable bonds is 5. The molecule has 0 spiro atoms. The summed E-state index contributed by atoms with van der Waals surface area (Å²) in [5, 5.41) is 2.93. The predicted octanol–water partition coefficient (Wildman–Crippen LogP) is 3.10. The standard InChI is InChI=1S/C17H22ClFN2O2/c1-20-16(22)9-12(14-11-13(18)5-6-15(14)19)10-17(23)21-7-3-2-4-8-21/h5-6,11-12H,2-4,7-10H2,1H3,(H,20,22)/t12-/m1/s1. The highest BCUT2D eigenvalue weighted by atomic mass is 35.5. The van der Waals surface area contributed by atoms with Crippen LogP contribution in [0.2, 0.25) is 5.02 Å². The van der Waals surface area contributed by atoms with Crippen molar-refractivity contribution < 1.29 is 14.0 Å². The third-order valence-electron chi connectivity index (χ3n) is 4.24. The van der Waals surface area contributed by atoms with Crippen LogP contribution in [0.15, 0.2) is 18.2 Å². The lowest BCUT2D eigenvalue weighted by Gasteiger charge is -2.28. The summed E-state index contributed by atoms with van der Waals surface area (Å²) in [5.74, 6) is -1.20. The molecule has 1 N–H and O–H groups in total. The summed E-state index contributed by atoms with van der Waals surface area (Å²) in [4.78, 5) is 26.1. The van der Waals surface area contributed by atoms with Crippen molar-refractivity contribution >= 4 is 23.4 Å². The van der Waals surface area contributed by atoms with Crippen LogP contribution >= 0.6 is 11.6 Å². The van der Waals surface area contributed by atoms with Gasteiger partial charge in [0, 0.05) is 43.9 Å². The van der Waals surface area contributed by atoms with Crippen molar-refractivity contribution in [3.8, 4) is 0 Å². The van der Waals surface area contributed by atoms with Gasteiger partial charge in [0.2, 0.25) is 11.8 Å². The molecule has 1 aliphatic heterocycles. The van der Waals surface area contributed by atoms with Gasteiger partial charge in [-0.1, -0.05) is 11.6 Å². The number of benzene rings is 1. The van der Waals surface area contributed by atoms with Crippen LogP contribution in [0.25, 0.3) is 0 Å². The molecule has 0 radical (unpaired) electrons. The summed E-state index contributed by atoms with van der Waals surface area (Å²) in [6.45, 7) is 1.48. The largest absolute Gasteiger partial charge is 0.359 e. The van der Waals surface area contributed by atoms with Gasteiger partial charge < -0.3 is 10.2 Å². The van der Waals surface area contributed by atoms with E-state index in [2.05, 4.69) is 5.32 Å². The van der Waals surface area contributed by atoms with Crippen molar-refractivity contribution in [1.82, 2.24) is 10.2 Å². The number of piperidine rings is 1. The van der Waals surface area contributed by atoms with Crippen molar-refractivity contribution in [3.63, 3.8) is 0 Å². The van der Waals surface area contributed by atoms with E-state index < -0.39 is 11.7 Å². The zero-order valence-electron chi connectivity index (χ0n) is 13.3. The summed E-state index contributed by atoms with van der Waals surface area (Å²) in [6, 6.07) is 4.25. The van der Waals surface area contributed by atoms with E-state index >= 15 is 0 Å². The molecule has 126 valence electrons. The van der Waals surface area contributed by atoms with E-state index in [0.29, 0.717) is 10.6 Å². The topological polar surface area (TPSA) is 49.4 Å². The van der Waals surface area contributed by atoms with Gasteiger partial charge in [-0.2, -0.15) is 0 Å². The average Bonchev–Trinajstić information content (AvgIpc) is 2.57. The number of amides is 2. The molecule has 0 aromatic heterocycles. The molecule has 2 amide bonds. The minimum absolute atomic E-state index is 0.0296. The van der Waals surface area contributed by atoms with E-state index in [1.54, 1.807) is 0 Å². The molecule has 1 aliphatic rings. The Labute approximate surface area is 141 Å². The minimum Gasteiger partial charge on any atom is -0.359 e. The SMILES string of the molecule is CNC(=O)C[C@H](CC(=O)N1CCCCC1)c1cc(Cl)ccc1F. The maximum absolute atomic E-state index is 14.2. The van der Waals surface area contributed by atoms with E-state index in [1.165, 1.54) is 25.2 Å². The van der Waals surface area contributed by atoms with Gasteiger partial charge in [0.25, 0.3) is 0 Å². The summed E-state index contributed by atoms with van der Waals surface area (Å²) < 4.78 is 14.2. The Morgan fingerprint density at radius 2 is 1.96 bits per heavy atom. The molecule has 1 fully saturated rings. The van der Waals surface area contributed by atoms with Gasteiger partial charge >= 0.3 is 0 Å². The lowest BCUT2D eigenvalue weighted by atomic mass is 9.90. The molecular formula is C17H22ClFN2O2. The van der Waals surface area contributed by atoms with Crippen LogP contribution in [0, 0.1) is 5.82 Å². The van der Waals surface area contributed by atoms with Gasteiger partial charge in [0.15, 0.2) is 0 Å². The number of halogens is 2. The number of hydrogen-bond acceptors (Lipinski definition) is 2. The molecule has 6 heteroatoms. The Morgan fingerprint density at radius 3 is 2.61 bits per heavy atom.